The zero-order valence-corrected chi connectivity index (χ0v) is 30.8. The van der Waals surface area contributed by atoms with E-state index in [2.05, 4.69) is 29.4 Å². The topological polar surface area (TPSA) is 100 Å². The molecule has 7 rings (SSSR count). The number of methoxy groups -OCH3 is 1. The predicted octanol–water partition coefficient (Wildman–Crippen LogP) is 5.87. The molecular formula is C38H51F2N5O5S. The average Bonchev–Trinajstić information content (AvgIpc) is 3.14. The van der Waals surface area contributed by atoms with Crippen molar-refractivity contribution in [2.75, 3.05) is 71.1 Å². The Morgan fingerprint density at radius 1 is 0.941 bits per heavy atom. The molecule has 4 fully saturated rings. The van der Waals surface area contributed by atoms with Gasteiger partial charge in [0, 0.05) is 74.5 Å². The largest absolute Gasteiger partial charge is 0.493 e. The summed E-state index contributed by atoms with van der Waals surface area (Å²) in [6.07, 6.45) is 6.09. The minimum atomic E-state index is -0.660. The molecule has 4 saturated heterocycles. The molecular weight excluding hydrogens is 677 g/mol. The Morgan fingerprint density at radius 2 is 1.67 bits per heavy atom. The van der Waals surface area contributed by atoms with E-state index in [4.69, 9.17) is 9.47 Å². The van der Waals surface area contributed by atoms with Gasteiger partial charge in [-0.3, -0.25) is 14.6 Å². The van der Waals surface area contributed by atoms with Crippen molar-refractivity contribution >= 4 is 34.3 Å². The van der Waals surface area contributed by atoms with Crippen molar-refractivity contribution in [2.45, 2.75) is 75.5 Å². The molecule has 1 N–H and O–H groups in total. The van der Waals surface area contributed by atoms with Gasteiger partial charge in [0.05, 0.1) is 30.5 Å². The Labute approximate surface area is 303 Å². The highest BCUT2D eigenvalue weighted by molar-refractivity contribution is 7.99. The lowest BCUT2D eigenvalue weighted by Gasteiger charge is -2.52. The van der Waals surface area contributed by atoms with Gasteiger partial charge >= 0.3 is 5.97 Å². The van der Waals surface area contributed by atoms with Crippen molar-refractivity contribution in [3.05, 3.63) is 63.7 Å². The number of aromatic amines is 1. The molecule has 0 unspecified atom stereocenters. The van der Waals surface area contributed by atoms with Crippen molar-refractivity contribution < 1.29 is 27.8 Å². The van der Waals surface area contributed by atoms with Crippen LogP contribution < -0.4 is 15.2 Å². The minimum Gasteiger partial charge on any atom is -0.493 e. The van der Waals surface area contributed by atoms with Crippen LogP contribution >= 0.6 is 11.8 Å². The number of fused-ring (bicyclic) bond motifs is 1. The third-order valence-electron chi connectivity index (χ3n) is 10.7. The second-order valence-corrected chi connectivity index (χ2v) is 15.0. The van der Waals surface area contributed by atoms with E-state index >= 15 is 0 Å². The zero-order valence-electron chi connectivity index (χ0n) is 30.0. The van der Waals surface area contributed by atoms with Crippen LogP contribution in [0.3, 0.4) is 0 Å². The lowest BCUT2D eigenvalue weighted by Crippen LogP contribution is -2.64. The fraction of sp³-hybridized carbons (Fsp3) is 0.605. The Balaban J connectivity index is 0.00000220. The number of hydrogen-bond acceptors (Lipinski definition) is 10. The Morgan fingerprint density at radius 3 is 2.35 bits per heavy atom. The van der Waals surface area contributed by atoms with Crippen molar-refractivity contribution in [1.82, 2.24) is 19.8 Å². The number of esters is 1. The number of aromatic nitrogens is 2. The van der Waals surface area contributed by atoms with Crippen molar-refractivity contribution in [2.24, 2.45) is 5.92 Å². The van der Waals surface area contributed by atoms with Gasteiger partial charge in [-0.1, -0.05) is 13.8 Å². The van der Waals surface area contributed by atoms with Crippen LogP contribution in [0.4, 0.5) is 14.5 Å². The van der Waals surface area contributed by atoms with Crippen LogP contribution in [0, 0.1) is 17.6 Å². The van der Waals surface area contributed by atoms with Gasteiger partial charge < -0.3 is 24.1 Å². The number of anilines is 1. The highest BCUT2D eigenvalue weighted by Crippen LogP contribution is 2.31. The van der Waals surface area contributed by atoms with Crippen LogP contribution in [0.1, 0.15) is 68.6 Å². The molecule has 0 spiro atoms. The Kier molecular flexibility index (Phi) is 12.9. The van der Waals surface area contributed by atoms with E-state index in [1.165, 1.54) is 25.3 Å². The number of halogens is 2. The first-order valence-electron chi connectivity index (χ1n) is 18.5. The number of carbonyl (C=O) groups excluding carboxylic acids is 1. The molecule has 0 bridgehead atoms. The van der Waals surface area contributed by atoms with Crippen LogP contribution in [-0.2, 0) is 15.2 Å². The number of ether oxygens (including phenoxy) is 3. The van der Waals surface area contributed by atoms with Crippen molar-refractivity contribution in [3.8, 4) is 5.75 Å². The molecule has 0 atom stereocenters. The lowest BCUT2D eigenvalue weighted by molar-refractivity contribution is -0.0181. The van der Waals surface area contributed by atoms with Gasteiger partial charge in [-0.15, -0.1) is 0 Å². The first kappa shape index (κ1) is 37.5. The summed E-state index contributed by atoms with van der Waals surface area (Å²) in [6, 6.07) is 8.84. The van der Waals surface area contributed by atoms with Gasteiger partial charge in [0.25, 0.3) is 5.56 Å². The molecule has 51 heavy (non-hydrogen) atoms. The van der Waals surface area contributed by atoms with E-state index < -0.39 is 23.2 Å². The molecule has 1 aromatic heterocycles. The van der Waals surface area contributed by atoms with Gasteiger partial charge in [0.15, 0.2) is 0 Å². The van der Waals surface area contributed by atoms with E-state index in [-0.39, 0.29) is 10.9 Å². The lowest BCUT2D eigenvalue weighted by atomic mass is 9.92. The van der Waals surface area contributed by atoms with E-state index in [1.54, 1.807) is 23.9 Å². The molecule has 0 saturated carbocycles. The summed E-state index contributed by atoms with van der Waals surface area (Å²) >= 11 is 1.75. The molecule has 0 radical (unpaired) electrons. The number of carbonyl (C=O) groups is 1. The molecule has 0 aliphatic carbocycles. The third-order valence-corrected chi connectivity index (χ3v) is 12.0. The van der Waals surface area contributed by atoms with Gasteiger partial charge in [-0.2, -0.15) is 11.8 Å². The SMILES string of the molecule is CC.COC(=O)c1ccc(N2CCC(N3CC(N4CCC(COc5cc(F)c6c(=O)[nH]c(CSC7CCOCC7)nc6c5)CC4)C3)CC2)cc1F. The maximum atomic E-state index is 15.0. The van der Waals surface area contributed by atoms with Gasteiger partial charge in [-0.05, 0) is 75.7 Å². The zero-order chi connectivity index (χ0) is 35.9. The molecule has 3 aromatic rings. The van der Waals surface area contributed by atoms with Crippen LogP contribution in [-0.4, -0.2) is 109 Å². The Hall–Kier alpha value is -3.26. The second-order valence-electron chi connectivity index (χ2n) is 13.7. The molecule has 4 aliphatic rings. The summed E-state index contributed by atoms with van der Waals surface area (Å²) in [7, 11) is 1.25. The monoisotopic (exact) mass is 727 g/mol. The first-order valence-corrected chi connectivity index (χ1v) is 19.5. The van der Waals surface area contributed by atoms with Crippen molar-refractivity contribution in [1.29, 1.82) is 0 Å². The highest BCUT2D eigenvalue weighted by atomic mass is 32.2. The summed E-state index contributed by atoms with van der Waals surface area (Å²) in [5.41, 5.74) is 0.648. The molecule has 10 nitrogen and oxygen atoms in total. The van der Waals surface area contributed by atoms with Gasteiger partial charge in [0.1, 0.15) is 28.6 Å². The van der Waals surface area contributed by atoms with E-state index in [0.717, 1.165) is 96.7 Å². The summed E-state index contributed by atoms with van der Waals surface area (Å²) in [4.78, 5) is 39.1. The first-order chi connectivity index (χ1) is 24.8. The van der Waals surface area contributed by atoms with Gasteiger partial charge in [0.2, 0.25) is 0 Å². The molecule has 5 heterocycles. The molecule has 13 heteroatoms. The van der Waals surface area contributed by atoms with E-state index in [0.29, 0.717) is 52.7 Å². The van der Waals surface area contributed by atoms with Crippen LogP contribution in [0.25, 0.3) is 10.9 Å². The van der Waals surface area contributed by atoms with Crippen LogP contribution in [0.2, 0.25) is 0 Å². The molecule has 2 aromatic carbocycles. The highest BCUT2D eigenvalue weighted by Gasteiger charge is 2.38. The molecule has 4 aliphatic heterocycles. The summed E-state index contributed by atoms with van der Waals surface area (Å²) < 4.78 is 45.6. The fourth-order valence-electron chi connectivity index (χ4n) is 7.62. The van der Waals surface area contributed by atoms with E-state index in [9.17, 15) is 18.4 Å². The predicted molar refractivity (Wildman–Crippen MR) is 197 cm³/mol. The maximum absolute atomic E-state index is 15.0. The summed E-state index contributed by atoms with van der Waals surface area (Å²) in [5, 5.41) is 0.448. The summed E-state index contributed by atoms with van der Waals surface area (Å²) in [5.74, 6) is 0.111. The third kappa shape index (κ3) is 9.04. The number of hydrogen-bond donors (Lipinski definition) is 1. The molecule has 0 amide bonds. The fourth-order valence-corrected chi connectivity index (χ4v) is 8.68. The van der Waals surface area contributed by atoms with Crippen LogP contribution in [0.15, 0.2) is 35.1 Å². The normalized spacial score (nSPS) is 20.1. The van der Waals surface area contributed by atoms with Crippen molar-refractivity contribution in [3.63, 3.8) is 0 Å². The number of nitrogens with zero attached hydrogens (tertiary/aromatic N) is 4. The number of likely N-dealkylation sites (tertiary alicyclic amines) is 2. The average molecular weight is 728 g/mol. The summed E-state index contributed by atoms with van der Waals surface area (Å²) in [6.45, 7) is 11.9. The van der Waals surface area contributed by atoms with Gasteiger partial charge in [-0.25, -0.2) is 18.6 Å². The Bertz CT molecular complexity index is 1680. The number of H-pyrrole nitrogens is 1. The van der Waals surface area contributed by atoms with E-state index in [1.807, 2.05) is 13.8 Å². The maximum Gasteiger partial charge on any atom is 0.340 e. The minimum absolute atomic E-state index is 0.0253. The standard InChI is InChI=1S/C36H45F2N5O5S.C2H6/c1-46-36(45)29-3-2-25(16-30(29)37)41-12-6-24(7-13-41)43-19-26(20-43)42-10-4-23(5-11-42)21-48-27-17-31(38)34-32(18-27)39-33(40-35(34)44)22-49-28-8-14-47-15-9-28;1-2/h2-3,16-18,23-24,26,28H,4-15,19-22H2,1H3,(H,39,40,44);1-2H3. The number of benzene rings is 2. The number of thioether (sulfide) groups is 1. The number of piperidine rings is 2. The number of nitrogens with one attached hydrogen (secondary N) is 1. The van der Waals surface area contributed by atoms with Crippen LogP contribution in [0.5, 0.6) is 5.75 Å². The number of rotatable bonds is 10. The second kappa shape index (κ2) is 17.5. The smallest absolute Gasteiger partial charge is 0.340 e. The quantitative estimate of drug-likeness (QED) is 0.256. The molecule has 278 valence electrons.